The predicted molar refractivity (Wildman–Crippen MR) is 288 cm³/mol. The number of carbonyl (C=O) groups excluding carboxylic acids is 3. The number of carboxylic acids is 1. The highest BCUT2D eigenvalue weighted by molar-refractivity contribution is 5.70. The molecular formula is C60H107NO8. The zero-order valence-electron chi connectivity index (χ0n) is 45.4. The van der Waals surface area contributed by atoms with E-state index in [-0.39, 0.29) is 38.6 Å². The Kier molecular flexibility index (Phi) is 49.1. The van der Waals surface area contributed by atoms with Crippen LogP contribution in [0.5, 0.6) is 0 Å². The molecule has 0 N–H and O–H groups in total. The summed E-state index contributed by atoms with van der Waals surface area (Å²) < 4.78 is 22.6. The summed E-state index contributed by atoms with van der Waals surface area (Å²) in [5.74, 6) is -2.29. The van der Waals surface area contributed by atoms with Crippen LogP contribution in [0.3, 0.4) is 0 Å². The summed E-state index contributed by atoms with van der Waals surface area (Å²) >= 11 is 0. The van der Waals surface area contributed by atoms with E-state index >= 15 is 0 Å². The highest BCUT2D eigenvalue weighted by Gasteiger charge is 2.22. The Balaban J connectivity index is 4.12. The molecule has 0 rings (SSSR count). The number of likely N-dealkylation sites (N-methyl/N-ethyl adjacent to an activating group) is 1. The SMILES string of the molecule is CC/C=C\C/C=C\C/C=C\C/C=C\CCCCCCCCCCCCCCCCCCCCC(=O)OC(COC(=O)CCCCCCC/C=C\CCCCCC)COC(OCC[N+](C)(C)C)C(=O)[O-]. The van der Waals surface area contributed by atoms with Crippen molar-refractivity contribution in [3.63, 3.8) is 0 Å². The first-order chi connectivity index (χ1) is 33.6. The van der Waals surface area contributed by atoms with Gasteiger partial charge in [-0.25, -0.2) is 0 Å². The molecule has 400 valence electrons. The number of allylic oxidation sites excluding steroid dienone is 10. The van der Waals surface area contributed by atoms with Crippen LogP contribution in [0, 0.1) is 0 Å². The number of hydrogen-bond acceptors (Lipinski definition) is 8. The minimum atomic E-state index is -1.62. The predicted octanol–water partition coefficient (Wildman–Crippen LogP) is 15.1. The van der Waals surface area contributed by atoms with Gasteiger partial charge in [0.15, 0.2) is 12.4 Å². The molecule has 0 radical (unpaired) electrons. The molecule has 0 heterocycles. The van der Waals surface area contributed by atoms with Gasteiger partial charge in [-0.3, -0.25) is 9.59 Å². The number of unbranched alkanes of at least 4 members (excludes halogenated alkanes) is 27. The number of ether oxygens (including phenoxy) is 4. The topological polar surface area (TPSA) is 111 Å². The average Bonchev–Trinajstić information content (AvgIpc) is 3.31. The summed E-state index contributed by atoms with van der Waals surface area (Å²) in [4.78, 5) is 37.2. The van der Waals surface area contributed by atoms with Gasteiger partial charge in [-0.05, 0) is 77.0 Å². The van der Waals surface area contributed by atoms with Crippen LogP contribution < -0.4 is 5.11 Å². The van der Waals surface area contributed by atoms with Crippen molar-refractivity contribution in [3.05, 3.63) is 60.8 Å². The van der Waals surface area contributed by atoms with Crippen molar-refractivity contribution in [2.45, 2.75) is 257 Å². The van der Waals surface area contributed by atoms with Gasteiger partial charge < -0.3 is 33.3 Å². The first-order valence-electron chi connectivity index (χ1n) is 28.4. The molecule has 0 aliphatic rings. The van der Waals surface area contributed by atoms with Gasteiger partial charge in [0.05, 0.1) is 40.3 Å². The van der Waals surface area contributed by atoms with Crippen LogP contribution in [0.2, 0.25) is 0 Å². The van der Waals surface area contributed by atoms with Crippen molar-refractivity contribution >= 4 is 17.9 Å². The van der Waals surface area contributed by atoms with Gasteiger partial charge in [0.2, 0.25) is 0 Å². The third-order valence-electron chi connectivity index (χ3n) is 12.2. The second kappa shape index (κ2) is 51.3. The first kappa shape index (κ1) is 66.0. The van der Waals surface area contributed by atoms with E-state index in [1.54, 1.807) is 0 Å². The number of nitrogens with zero attached hydrogens (tertiary/aromatic N) is 1. The number of esters is 2. The molecular weight excluding hydrogens is 863 g/mol. The fourth-order valence-corrected chi connectivity index (χ4v) is 7.88. The maximum Gasteiger partial charge on any atom is 0.306 e. The van der Waals surface area contributed by atoms with Crippen molar-refractivity contribution < 1.29 is 42.9 Å². The van der Waals surface area contributed by atoms with Gasteiger partial charge in [0.1, 0.15) is 13.2 Å². The second-order valence-electron chi connectivity index (χ2n) is 20.2. The fraction of sp³-hybridized carbons (Fsp3) is 0.783. The van der Waals surface area contributed by atoms with Gasteiger partial charge in [-0.15, -0.1) is 0 Å². The van der Waals surface area contributed by atoms with Crippen LogP contribution in [-0.4, -0.2) is 82.3 Å². The molecule has 0 saturated heterocycles. The van der Waals surface area contributed by atoms with Crippen molar-refractivity contribution in [3.8, 4) is 0 Å². The maximum atomic E-state index is 12.8. The van der Waals surface area contributed by atoms with E-state index in [9.17, 15) is 19.5 Å². The van der Waals surface area contributed by atoms with E-state index in [4.69, 9.17) is 18.9 Å². The van der Waals surface area contributed by atoms with Gasteiger partial charge in [-0.1, -0.05) is 216 Å². The van der Waals surface area contributed by atoms with Crippen molar-refractivity contribution in [1.29, 1.82) is 0 Å². The summed E-state index contributed by atoms with van der Waals surface area (Å²) in [5, 5.41) is 11.7. The third kappa shape index (κ3) is 52.6. The van der Waals surface area contributed by atoms with Crippen LogP contribution in [0.15, 0.2) is 60.8 Å². The molecule has 9 nitrogen and oxygen atoms in total. The Hall–Kier alpha value is -3.01. The largest absolute Gasteiger partial charge is 0.545 e. The zero-order chi connectivity index (χ0) is 50.6. The lowest BCUT2D eigenvalue weighted by Gasteiger charge is -2.26. The average molecular weight is 971 g/mol. The Morgan fingerprint density at radius 1 is 0.449 bits per heavy atom. The summed E-state index contributed by atoms with van der Waals surface area (Å²) in [6.07, 6.45) is 61.4. The molecule has 0 spiro atoms. The number of rotatable bonds is 52. The van der Waals surface area contributed by atoms with E-state index in [1.165, 1.54) is 135 Å². The number of carboxylic acid groups (broad SMARTS) is 1. The van der Waals surface area contributed by atoms with E-state index in [0.717, 1.165) is 77.0 Å². The van der Waals surface area contributed by atoms with Gasteiger partial charge in [-0.2, -0.15) is 0 Å². The number of hydrogen-bond donors (Lipinski definition) is 0. The minimum Gasteiger partial charge on any atom is -0.545 e. The molecule has 2 atom stereocenters. The molecule has 2 unspecified atom stereocenters. The molecule has 0 aromatic rings. The highest BCUT2D eigenvalue weighted by atomic mass is 16.7. The molecule has 0 aliphatic heterocycles. The molecule has 0 aliphatic carbocycles. The lowest BCUT2D eigenvalue weighted by Crippen LogP contribution is -2.44. The Morgan fingerprint density at radius 2 is 0.826 bits per heavy atom. The van der Waals surface area contributed by atoms with Crippen LogP contribution in [0.4, 0.5) is 0 Å². The maximum absolute atomic E-state index is 12.8. The van der Waals surface area contributed by atoms with Crippen LogP contribution in [-0.2, 0) is 33.3 Å². The molecule has 0 bridgehead atoms. The molecule has 0 aromatic heterocycles. The smallest absolute Gasteiger partial charge is 0.306 e. The van der Waals surface area contributed by atoms with Crippen molar-refractivity contribution in [1.82, 2.24) is 0 Å². The van der Waals surface area contributed by atoms with Crippen LogP contribution >= 0.6 is 0 Å². The van der Waals surface area contributed by atoms with Crippen molar-refractivity contribution in [2.75, 3.05) is 47.5 Å². The van der Waals surface area contributed by atoms with Crippen LogP contribution in [0.1, 0.15) is 245 Å². The summed E-state index contributed by atoms with van der Waals surface area (Å²) in [7, 11) is 5.92. The van der Waals surface area contributed by atoms with Gasteiger partial charge in [0, 0.05) is 12.8 Å². The number of aliphatic carboxylic acids is 1. The number of quaternary nitrogens is 1. The van der Waals surface area contributed by atoms with Crippen molar-refractivity contribution in [2.24, 2.45) is 0 Å². The van der Waals surface area contributed by atoms with Gasteiger partial charge in [0.25, 0.3) is 0 Å². The lowest BCUT2D eigenvalue weighted by molar-refractivity contribution is -0.870. The molecule has 0 saturated carbocycles. The van der Waals surface area contributed by atoms with E-state index in [2.05, 4.69) is 74.6 Å². The quantitative estimate of drug-likeness (QED) is 0.0195. The Labute approximate surface area is 425 Å². The molecule has 0 fully saturated rings. The number of carbonyl (C=O) groups is 3. The summed E-state index contributed by atoms with van der Waals surface area (Å²) in [5.41, 5.74) is 0. The first-order valence-corrected chi connectivity index (χ1v) is 28.4. The van der Waals surface area contributed by atoms with Crippen LogP contribution in [0.25, 0.3) is 0 Å². The second-order valence-corrected chi connectivity index (χ2v) is 20.2. The normalized spacial score (nSPS) is 13.2. The summed E-state index contributed by atoms with van der Waals surface area (Å²) in [6.45, 7) is 4.62. The highest BCUT2D eigenvalue weighted by Crippen LogP contribution is 2.16. The Bertz CT molecular complexity index is 1310. The standard InChI is InChI=1S/C60H107NO8/c1-6-8-10-12-14-16-18-20-21-22-23-24-25-26-27-28-29-30-31-32-33-34-35-36-37-39-41-43-45-47-49-51-58(63)69-56(55-68-60(59(64)65)66-53-52-61(3,4)5)54-67-57(62)50-48-46-44-42-40-38-19-17-15-13-11-9-7-2/h8,10,14,16-17,19-21,23-24,56,60H,6-7,9,11-13,15,18,22,25-55H2,1-5H3/b10-8-,16-14-,19-17-,21-20-,24-23-. The minimum absolute atomic E-state index is 0.146. The third-order valence-corrected chi connectivity index (χ3v) is 12.2. The Morgan fingerprint density at radius 3 is 1.25 bits per heavy atom. The summed E-state index contributed by atoms with van der Waals surface area (Å²) in [6, 6.07) is 0. The molecule has 9 heteroatoms. The lowest BCUT2D eigenvalue weighted by atomic mass is 10.0. The van der Waals surface area contributed by atoms with Gasteiger partial charge >= 0.3 is 11.9 Å². The van der Waals surface area contributed by atoms with E-state index in [0.29, 0.717) is 17.4 Å². The fourth-order valence-electron chi connectivity index (χ4n) is 7.88. The monoisotopic (exact) mass is 970 g/mol. The molecule has 69 heavy (non-hydrogen) atoms. The molecule has 0 amide bonds. The van der Waals surface area contributed by atoms with E-state index < -0.39 is 24.3 Å². The molecule has 0 aromatic carbocycles. The van der Waals surface area contributed by atoms with E-state index in [1.807, 2.05) is 21.1 Å². The zero-order valence-corrected chi connectivity index (χ0v) is 45.4.